The van der Waals surface area contributed by atoms with Crippen LogP contribution in [0.3, 0.4) is 0 Å². The zero-order chi connectivity index (χ0) is 17.2. The average Bonchev–Trinajstić information content (AvgIpc) is 3.10. The third-order valence-corrected chi connectivity index (χ3v) is 7.02. The summed E-state index contributed by atoms with van der Waals surface area (Å²) in [5, 5.41) is 8.27. The number of thiocarbonyl (C=S) groups is 1. The Morgan fingerprint density at radius 2 is 1.60 bits per heavy atom. The molecule has 2 bridgehead atoms. The van der Waals surface area contributed by atoms with E-state index in [4.69, 9.17) is 23.8 Å². The second-order valence-electron chi connectivity index (χ2n) is 8.05. The lowest BCUT2D eigenvalue weighted by Crippen LogP contribution is -3.24. The fourth-order valence-corrected chi connectivity index (χ4v) is 5.98. The van der Waals surface area contributed by atoms with Gasteiger partial charge < -0.3 is 15.5 Å². The molecular formula is C20H29ClN3S+. The molecule has 1 aromatic carbocycles. The van der Waals surface area contributed by atoms with Crippen LogP contribution in [0.25, 0.3) is 0 Å². The Morgan fingerprint density at radius 3 is 2.28 bits per heavy atom. The molecule has 2 saturated heterocycles. The second kappa shape index (κ2) is 7.81. The summed E-state index contributed by atoms with van der Waals surface area (Å²) in [6.07, 6.45) is 12.5. The van der Waals surface area contributed by atoms with Crippen LogP contribution in [0.1, 0.15) is 57.8 Å². The molecule has 0 aromatic heterocycles. The molecule has 1 aliphatic carbocycles. The van der Waals surface area contributed by atoms with Gasteiger partial charge in [-0.1, -0.05) is 23.7 Å². The van der Waals surface area contributed by atoms with Crippen LogP contribution in [0.2, 0.25) is 5.02 Å². The first-order chi connectivity index (χ1) is 12.2. The van der Waals surface area contributed by atoms with Crippen LogP contribution < -0.4 is 15.5 Å². The molecule has 4 rings (SSSR count). The lowest BCUT2D eigenvalue weighted by Gasteiger charge is -2.48. The van der Waals surface area contributed by atoms with E-state index in [1.165, 1.54) is 57.8 Å². The quantitative estimate of drug-likeness (QED) is 0.702. The number of nitrogens with one attached hydrogen (secondary N) is 3. The summed E-state index contributed by atoms with van der Waals surface area (Å²) < 4.78 is 0. The summed E-state index contributed by atoms with van der Waals surface area (Å²) in [6, 6.07) is 10.9. The summed E-state index contributed by atoms with van der Waals surface area (Å²) >= 11 is 11.8. The van der Waals surface area contributed by atoms with E-state index in [9.17, 15) is 0 Å². The van der Waals surface area contributed by atoms with E-state index in [0.29, 0.717) is 16.2 Å². The van der Waals surface area contributed by atoms with Crippen LogP contribution in [0.5, 0.6) is 0 Å². The fraction of sp³-hybridized carbons (Fsp3) is 0.650. The molecule has 2 heterocycles. The molecule has 3 nitrogen and oxygen atoms in total. The van der Waals surface area contributed by atoms with Gasteiger partial charge in [0.2, 0.25) is 0 Å². The van der Waals surface area contributed by atoms with Crippen LogP contribution >= 0.6 is 23.8 Å². The van der Waals surface area contributed by atoms with E-state index in [2.05, 4.69) is 10.6 Å². The Balaban J connectivity index is 1.36. The van der Waals surface area contributed by atoms with E-state index < -0.39 is 0 Å². The maximum Gasteiger partial charge on any atom is 0.171 e. The van der Waals surface area contributed by atoms with Gasteiger partial charge in [0, 0.05) is 18.9 Å². The van der Waals surface area contributed by atoms with Crippen molar-refractivity contribution in [3.05, 3.63) is 29.3 Å². The first kappa shape index (κ1) is 17.6. The highest BCUT2D eigenvalue weighted by Crippen LogP contribution is 2.26. The highest BCUT2D eigenvalue weighted by Gasteiger charge is 2.45. The Kier molecular flexibility index (Phi) is 5.49. The number of quaternary nitrogens is 1. The van der Waals surface area contributed by atoms with Gasteiger partial charge in [-0.2, -0.15) is 0 Å². The van der Waals surface area contributed by atoms with E-state index in [1.807, 2.05) is 29.2 Å². The molecule has 0 unspecified atom stereocenters. The Morgan fingerprint density at radius 1 is 0.960 bits per heavy atom. The minimum atomic E-state index is 0.503. The molecule has 2 atom stereocenters. The lowest BCUT2D eigenvalue weighted by atomic mass is 9.80. The standard InChI is InChI=1S/C20H28ClN3S/c21-18-10-3-4-11-19(18)23-20(25)22-14-12-16-8-5-9-17(13-14)24(16)15-6-1-2-7-15/h3-4,10-11,14-17H,1-2,5-9,12-13H2,(H2,22,23,25)/p+1/t16-,17-/m1/s1. The molecular weight excluding hydrogens is 350 g/mol. The Bertz CT molecular complexity index is 603. The summed E-state index contributed by atoms with van der Waals surface area (Å²) in [4.78, 5) is 1.95. The minimum Gasteiger partial charge on any atom is -0.359 e. The van der Waals surface area contributed by atoms with Gasteiger partial charge >= 0.3 is 0 Å². The van der Waals surface area contributed by atoms with Gasteiger partial charge in [0.15, 0.2) is 5.11 Å². The zero-order valence-corrected chi connectivity index (χ0v) is 16.3. The van der Waals surface area contributed by atoms with Crippen molar-refractivity contribution in [2.24, 2.45) is 0 Å². The summed E-state index contributed by atoms with van der Waals surface area (Å²) in [5.41, 5.74) is 0.885. The first-order valence-corrected chi connectivity index (χ1v) is 10.7. The molecule has 5 heteroatoms. The van der Waals surface area contributed by atoms with Crippen molar-refractivity contribution in [1.82, 2.24) is 5.32 Å². The molecule has 3 aliphatic rings. The minimum absolute atomic E-state index is 0.503. The molecule has 3 N–H and O–H groups in total. The van der Waals surface area contributed by atoms with Crippen LogP contribution in [-0.2, 0) is 0 Å². The SMILES string of the molecule is S=C(Nc1ccccc1Cl)NC1C[C@H]2CCC[C@H](C1)[NH+]2C1CCCC1. The molecule has 0 spiro atoms. The number of benzene rings is 1. The van der Waals surface area contributed by atoms with Crippen molar-refractivity contribution in [3.8, 4) is 0 Å². The second-order valence-corrected chi connectivity index (χ2v) is 8.87. The number of halogens is 1. The third-order valence-electron chi connectivity index (χ3n) is 6.47. The molecule has 1 aromatic rings. The molecule has 25 heavy (non-hydrogen) atoms. The Labute approximate surface area is 161 Å². The normalized spacial score (nSPS) is 32.4. The number of hydrogen-bond donors (Lipinski definition) is 3. The topological polar surface area (TPSA) is 28.5 Å². The van der Waals surface area contributed by atoms with Crippen molar-refractivity contribution in [2.75, 3.05) is 5.32 Å². The maximum atomic E-state index is 6.23. The fourth-order valence-electron chi connectivity index (χ4n) is 5.52. The van der Waals surface area contributed by atoms with Crippen LogP contribution in [0.15, 0.2) is 24.3 Å². The largest absolute Gasteiger partial charge is 0.359 e. The summed E-state index contributed by atoms with van der Waals surface area (Å²) in [5.74, 6) is 0. The molecule has 0 radical (unpaired) electrons. The molecule has 0 amide bonds. The van der Waals surface area contributed by atoms with Gasteiger partial charge in [-0.25, -0.2) is 0 Å². The number of piperidine rings is 2. The van der Waals surface area contributed by atoms with Crippen molar-refractivity contribution >= 4 is 34.6 Å². The molecule has 2 aliphatic heterocycles. The van der Waals surface area contributed by atoms with E-state index in [1.54, 1.807) is 0 Å². The van der Waals surface area contributed by atoms with Gasteiger partial charge in [-0.15, -0.1) is 0 Å². The highest BCUT2D eigenvalue weighted by atomic mass is 35.5. The first-order valence-electron chi connectivity index (χ1n) is 9.89. The van der Waals surface area contributed by atoms with Crippen molar-refractivity contribution in [3.63, 3.8) is 0 Å². The van der Waals surface area contributed by atoms with Crippen LogP contribution in [0.4, 0.5) is 5.69 Å². The predicted octanol–water partition coefficient (Wildman–Crippen LogP) is 3.54. The van der Waals surface area contributed by atoms with Gasteiger partial charge in [0.05, 0.1) is 28.8 Å². The monoisotopic (exact) mass is 378 g/mol. The smallest absolute Gasteiger partial charge is 0.171 e. The van der Waals surface area contributed by atoms with Crippen LogP contribution in [-0.4, -0.2) is 29.3 Å². The predicted molar refractivity (Wildman–Crippen MR) is 108 cm³/mol. The number of para-hydroxylation sites is 1. The molecule has 1 saturated carbocycles. The number of anilines is 1. The van der Waals surface area contributed by atoms with Gasteiger partial charge in [-0.05, 0) is 69.3 Å². The Hall–Kier alpha value is -0.840. The van der Waals surface area contributed by atoms with Crippen molar-refractivity contribution < 1.29 is 4.90 Å². The van der Waals surface area contributed by atoms with Gasteiger partial charge in [-0.3, -0.25) is 0 Å². The van der Waals surface area contributed by atoms with E-state index >= 15 is 0 Å². The summed E-state index contributed by atoms with van der Waals surface area (Å²) in [6.45, 7) is 0. The number of hydrogen-bond acceptors (Lipinski definition) is 1. The van der Waals surface area contributed by atoms with Gasteiger partial charge in [0.25, 0.3) is 0 Å². The zero-order valence-electron chi connectivity index (χ0n) is 14.8. The van der Waals surface area contributed by atoms with E-state index in [-0.39, 0.29) is 0 Å². The third kappa shape index (κ3) is 3.96. The maximum absolute atomic E-state index is 6.23. The lowest BCUT2D eigenvalue weighted by molar-refractivity contribution is -0.982. The number of rotatable bonds is 3. The van der Waals surface area contributed by atoms with Gasteiger partial charge in [0.1, 0.15) is 0 Å². The highest BCUT2D eigenvalue weighted by molar-refractivity contribution is 7.80. The van der Waals surface area contributed by atoms with Crippen molar-refractivity contribution in [2.45, 2.75) is 82.0 Å². The van der Waals surface area contributed by atoms with Crippen molar-refractivity contribution in [1.29, 1.82) is 0 Å². The molecule has 136 valence electrons. The molecule has 3 fully saturated rings. The number of fused-ring (bicyclic) bond motifs is 2. The average molecular weight is 379 g/mol. The summed E-state index contributed by atoms with van der Waals surface area (Å²) in [7, 11) is 0. The van der Waals surface area contributed by atoms with Crippen LogP contribution in [0, 0.1) is 0 Å². The van der Waals surface area contributed by atoms with E-state index in [0.717, 1.165) is 23.8 Å².